The smallest absolute Gasteiger partial charge is 0.0402 e. The minimum atomic E-state index is 0.965. The van der Waals surface area contributed by atoms with Crippen molar-refractivity contribution in [3.8, 4) is 0 Å². The van der Waals surface area contributed by atoms with Crippen LogP contribution >= 0.6 is 0 Å². The van der Waals surface area contributed by atoms with Crippen molar-refractivity contribution in [3.05, 3.63) is 42.0 Å². The third kappa shape index (κ3) is 3.14. The molecule has 0 spiro atoms. The molecule has 1 aliphatic rings. The second kappa shape index (κ2) is 6.05. The Morgan fingerprint density at radius 2 is 2.22 bits per heavy atom. The van der Waals surface area contributed by atoms with E-state index < -0.39 is 0 Å². The van der Waals surface area contributed by atoms with Gasteiger partial charge in [0.05, 0.1) is 0 Å². The van der Waals surface area contributed by atoms with Crippen LogP contribution in [0.1, 0.15) is 17.5 Å². The van der Waals surface area contributed by atoms with E-state index in [-0.39, 0.29) is 0 Å². The van der Waals surface area contributed by atoms with Gasteiger partial charge in [0.1, 0.15) is 0 Å². The lowest BCUT2D eigenvalue weighted by molar-refractivity contribution is 0.400. The molecule has 1 aliphatic heterocycles. The van der Waals surface area contributed by atoms with Crippen LogP contribution in [-0.2, 0) is 12.8 Å². The molecule has 0 fully saturated rings. The Kier molecular flexibility index (Phi) is 4.43. The lowest BCUT2D eigenvalue weighted by atomic mass is 10.0. The fraction of sp³-hybridized carbons (Fsp3) is 0.500. The average molecular weight is 244 g/mol. The Bertz CT molecular complexity index is 410. The average Bonchev–Trinajstić information content (AvgIpc) is 2.72. The molecule has 0 aromatic heterocycles. The first-order valence-corrected chi connectivity index (χ1v) is 6.83. The van der Waals surface area contributed by atoms with Crippen LogP contribution in [0.25, 0.3) is 0 Å². The number of benzene rings is 1. The molecule has 18 heavy (non-hydrogen) atoms. The Balaban J connectivity index is 1.98. The number of aryl methyl sites for hydroxylation is 1. The van der Waals surface area contributed by atoms with Gasteiger partial charge in [0, 0.05) is 18.8 Å². The molecule has 0 saturated carbocycles. The van der Waals surface area contributed by atoms with Gasteiger partial charge in [-0.25, -0.2) is 0 Å². The van der Waals surface area contributed by atoms with Gasteiger partial charge in [-0.1, -0.05) is 18.2 Å². The monoisotopic (exact) mass is 244 g/mol. The van der Waals surface area contributed by atoms with Crippen molar-refractivity contribution in [2.75, 3.05) is 38.6 Å². The zero-order valence-corrected chi connectivity index (χ0v) is 11.7. The first-order chi connectivity index (χ1) is 8.70. The summed E-state index contributed by atoms with van der Waals surface area (Å²) in [7, 11) is 4.27. The van der Waals surface area contributed by atoms with Crippen LogP contribution in [-0.4, -0.2) is 38.6 Å². The van der Waals surface area contributed by atoms with E-state index in [0.717, 1.165) is 13.1 Å². The third-order valence-corrected chi connectivity index (χ3v) is 3.56. The summed E-state index contributed by atoms with van der Waals surface area (Å²) in [4.78, 5) is 4.66. The summed E-state index contributed by atoms with van der Waals surface area (Å²) >= 11 is 0. The fourth-order valence-electron chi connectivity index (χ4n) is 2.62. The van der Waals surface area contributed by atoms with E-state index in [1.165, 1.54) is 42.6 Å². The van der Waals surface area contributed by atoms with Crippen LogP contribution in [0.5, 0.6) is 0 Å². The predicted octanol–water partition coefficient (Wildman–Crippen LogP) is 2.73. The minimum absolute atomic E-state index is 0.965. The number of nitrogens with zero attached hydrogens (tertiary/aromatic N) is 2. The minimum Gasteiger partial charge on any atom is -0.367 e. The van der Waals surface area contributed by atoms with Crippen molar-refractivity contribution in [2.24, 2.45) is 0 Å². The summed E-state index contributed by atoms with van der Waals surface area (Å²) in [5.74, 6) is 0. The first-order valence-electron chi connectivity index (χ1n) is 6.83. The Morgan fingerprint density at radius 1 is 1.39 bits per heavy atom. The van der Waals surface area contributed by atoms with Gasteiger partial charge in [-0.05, 0) is 57.1 Å². The van der Waals surface area contributed by atoms with Gasteiger partial charge in [0.15, 0.2) is 0 Å². The lowest BCUT2D eigenvalue weighted by Crippen LogP contribution is -2.19. The molecule has 0 N–H and O–H groups in total. The normalized spacial score (nSPS) is 14.1. The second-order valence-corrected chi connectivity index (χ2v) is 5.35. The van der Waals surface area contributed by atoms with E-state index in [2.05, 4.69) is 48.7 Å². The highest BCUT2D eigenvalue weighted by Gasteiger charge is 2.17. The van der Waals surface area contributed by atoms with Crippen LogP contribution in [0.3, 0.4) is 0 Å². The molecule has 1 aromatic carbocycles. The van der Waals surface area contributed by atoms with Crippen LogP contribution < -0.4 is 4.90 Å². The molecule has 1 aromatic rings. The molecule has 0 unspecified atom stereocenters. The van der Waals surface area contributed by atoms with Crippen molar-refractivity contribution >= 4 is 5.69 Å². The quantitative estimate of drug-likeness (QED) is 0.710. The maximum atomic E-state index is 3.83. The summed E-state index contributed by atoms with van der Waals surface area (Å²) in [5.41, 5.74) is 4.40. The topological polar surface area (TPSA) is 6.48 Å². The first kappa shape index (κ1) is 13.2. The number of anilines is 1. The van der Waals surface area contributed by atoms with Crippen molar-refractivity contribution in [1.82, 2.24) is 4.90 Å². The van der Waals surface area contributed by atoms with Gasteiger partial charge in [-0.2, -0.15) is 0 Å². The Morgan fingerprint density at radius 3 is 2.94 bits per heavy atom. The molecule has 1 heterocycles. The van der Waals surface area contributed by atoms with Gasteiger partial charge in [0.2, 0.25) is 0 Å². The Labute approximate surface area is 111 Å². The van der Waals surface area contributed by atoms with Gasteiger partial charge in [0.25, 0.3) is 0 Å². The van der Waals surface area contributed by atoms with Crippen molar-refractivity contribution in [2.45, 2.75) is 19.3 Å². The van der Waals surface area contributed by atoms with Crippen LogP contribution in [0.2, 0.25) is 0 Å². The predicted molar refractivity (Wildman–Crippen MR) is 79.4 cm³/mol. The van der Waals surface area contributed by atoms with E-state index >= 15 is 0 Å². The van der Waals surface area contributed by atoms with Crippen molar-refractivity contribution in [3.63, 3.8) is 0 Å². The lowest BCUT2D eigenvalue weighted by Gasteiger charge is -2.17. The SMILES string of the molecule is C=CCN1CCc2cc(CCCN(C)C)ccc21. The van der Waals surface area contributed by atoms with Gasteiger partial charge < -0.3 is 9.80 Å². The second-order valence-electron chi connectivity index (χ2n) is 5.35. The molecule has 2 rings (SSSR count). The summed E-state index contributed by atoms with van der Waals surface area (Å²) in [6, 6.07) is 6.97. The number of rotatable bonds is 6. The maximum Gasteiger partial charge on any atom is 0.0402 e. The summed E-state index contributed by atoms with van der Waals surface area (Å²) in [6.45, 7) is 7.10. The number of hydrogen-bond donors (Lipinski definition) is 0. The van der Waals surface area contributed by atoms with E-state index in [0.29, 0.717) is 0 Å². The molecular weight excluding hydrogens is 220 g/mol. The van der Waals surface area contributed by atoms with Crippen LogP contribution in [0, 0.1) is 0 Å². The van der Waals surface area contributed by atoms with E-state index in [9.17, 15) is 0 Å². The van der Waals surface area contributed by atoms with E-state index in [1.54, 1.807) is 0 Å². The van der Waals surface area contributed by atoms with Crippen molar-refractivity contribution < 1.29 is 0 Å². The number of fused-ring (bicyclic) bond motifs is 1. The molecule has 98 valence electrons. The molecule has 0 radical (unpaired) electrons. The molecule has 2 heteroatoms. The zero-order valence-electron chi connectivity index (χ0n) is 11.7. The van der Waals surface area contributed by atoms with Gasteiger partial charge >= 0.3 is 0 Å². The molecule has 0 saturated heterocycles. The largest absolute Gasteiger partial charge is 0.367 e. The molecule has 2 nitrogen and oxygen atoms in total. The van der Waals surface area contributed by atoms with E-state index in [1.807, 2.05) is 6.08 Å². The molecule has 0 amide bonds. The van der Waals surface area contributed by atoms with Crippen LogP contribution in [0.4, 0.5) is 5.69 Å². The summed E-state index contributed by atoms with van der Waals surface area (Å²) in [5, 5.41) is 0. The fourth-order valence-corrected chi connectivity index (χ4v) is 2.62. The molecule has 0 aliphatic carbocycles. The highest BCUT2D eigenvalue weighted by molar-refractivity contribution is 5.59. The van der Waals surface area contributed by atoms with Gasteiger partial charge in [-0.3, -0.25) is 0 Å². The zero-order chi connectivity index (χ0) is 13.0. The molecular formula is C16H24N2. The molecule has 0 bridgehead atoms. The Hall–Kier alpha value is -1.28. The number of hydrogen-bond acceptors (Lipinski definition) is 2. The maximum absolute atomic E-state index is 3.83. The standard InChI is InChI=1S/C16H24N2/c1-4-10-18-12-9-15-13-14(7-8-16(15)18)6-5-11-17(2)3/h4,7-8,13H,1,5-6,9-12H2,2-3H3. The molecule has 0 atom stereocenters. The highest BCUT2D eigenvalue weighted by atomic mass is 15.1. The van der Waals surface area contributed by atoms with Crippen LogP contribution in [0.15, 0.2) is 30.9 Å². The van der Waals surface area contributed by atoms with Gasteiger partial charge in [-0.15, -0.1) is 6.58 Å². The third-order valence-electron chi connectivity index (χ3n) is 3.56. The summed E-state index contributed by atoms with van der Waals surface area (Å²) < 4.78 is 0. The van der Waals surface area contributed by atoms with Crippen molar-refractivity contribution in [1.29, 1.82) is 0 Å². The van der Waals surface area contributed by atoms with E-state index in [4.69, 9.17) is 0 Å². The summed E-state index contributed by atoms with van der Waals surface area (Å²) in [6.07, 6.45) is 5.60. The highest BCUT2D eigenvalue weighted by Crippen LogP contribution is 2.28.